The Morgan fingerprint density at radius 1 is 1.53 bits per heavy atom. The van der Waals surface area contributed by atoms with Crippen LogP contribution in [0.3, 0.4) is 0 Å². The van der Waals surface area contributed by atoms with Crippen molar-refractivity contribution in [2.24, 2.45) is 5.73 Å². The van der Waals surface area contributed by atoms with Crippen molar-refractivity contribution in [3.63, 3.8) is 0 Å². The third-order valence-electron chi connectivity index (χ3n) is 2.25. The first kappa shape index (κ1) is 12.3. The van der Waals surface area contributed by atoms with Crippen molar-refractivity contribution < 1.29 is 13.9 Å². The van der Waals surface area contributed by atoms with Gasteiger partial charge >= 0.3 is 5.97 Å². The molecule has 4 nitrogen and oxygen atoms in total. The number of esters is 1. The molecule has 0 spiro atoms. The Balaban J connectivity index is 2.26. The lowest BCUT2D eigenvalue weighted by Gasteiger charge is -2.06. The highest BCUT2D eigenvalue weighted by Gasteiger charge is 2.19. The number of halogens is 1. The number of rotatable bonds is 3. The molecular weight excluding hydrogens is 306 g/mol. The lowest BCUT2D eigenvalue weighted by Crippen LogP contribution is -2.09. The molecule has 2 heterocycles. The molecule has 0 aliphatic rings. The second-order valence-electron chi connectivity index (χ2n) is 3.30. The number of furan rings is 1. The van der Waals surface area contributed by atoms with Crippen LogP contribution in [0.5, 0.6) is 0 Å². The molecule has 2 aromatic heterocycles. The molecule has 1 atom stereocenters. The van der Waals surface area contributed by atoms with Crippen LogP contribution in [0.2, 0.25) is 0 Å². The molecule has 0 fully saturated rings. The minimum Gasteiger partial charge on any atom is -0.463 e. The Morgan fingerprint density at radius 3 is 2.88 bits per heavy atom. The average molecular weight is 316 g/mol. The van der Waals surface area contributed by atoms with Crippen LogP contribution in [0.15, 0.2) is 32.5 Å². The monoisotopic (exact) mass is 315 g/mol. The maximum Gasteiger partial charge on any atom is 0.373 e. The molecule has 0 bridgehead atoms. The first-order valence-electron chi connectivity index (χ1n) is 4.80. The fourth-order valence-electron chi connectivity index (χ4n) is 1.39. The lowest BCUT2D eigenvalue weighted by molar-refractivity contribution is 0.0563. The SMILES string of the molecule is COC(=O)c1ccc(C(N)c2sccc2Br)o1. The van der Waals surface area contributed by atoms with Gasteiger partial charge in [-0.2, -0.15) is 0 Å². The summed E-state index contributed by atoms with van der Waals surface area (Å²) >= 11 is 4.94. The minimum atomic E-state index is -0.506. The largest absolute Gasteiger partial charge is 0.463 e. The molecule has 0 aliphatic carbocycles. The van der Waals surface area contributed by atoms with Gasteiger partial charge in [-0.25, -0.2) is 4.79 Å². The van der Waals surface area contributed by atoms with Crippen LogP contribution >= 0.6 is 27.3 Å². The van der Waals surface area contributed by atoms with Crippen molar-refractivity contribution in [3.8, 4) is 0 Å². The number of hydrogen-bond acceptors (Lipinski definition) is 5. The zero-order valence-electron chi connectivity index (χ0n) is 8.98. The van der Waals surface area contributed by atoms with Gasteiger partial charge in [-0.3, -0.25) is 0 Å². The average Bonchev–Trinajstić information content (AvgIpc) is 2.95. The molecular formula is C11H10BrNO3S. The fraction of sp³-hybridized carbons (Fsp3) is 0.182. The van der Waals surface area contributed by atoms with Gasteiger partial charge in [0.05, 0.1) is 13.2 Å². The summed E-state index contributed by atoms with van der Waals surface area (Å²) in [4.78, 5) is 12.2. The van der Waals surface area contributed by atoms with Crippen LogP contribution < -0.4 is 5.73 Å². The fourth-order valence-corrected chi connectivity index (χ4v) is 3.02. The van der Waals surface area contributed by atoms with Gasteiger partial charge in [-0.15, -0.1) is 11.3 Å². The molecule has 0 radical (unpaired) electrons. The van der Waals surface area contributed by atoms with E-state index in [1.807, 2.05) is 11.4 Å². The maximum atomic E-state index is 11.2. The zero-order chi connectivity index (χ0) is 12.4. The molecule has 0 amide bonds. The van der Waals surface area contributed by atoms with E-state index >= 15 is 0 Å². The Bertz CT molecular complexity index is 534. The van der Waals surface area contributed by atoms with E-state index in [-0.39, 0.29) is 11.8 Å². The second-order valence-corrected chi connectivity index (χ2v) is 5.11. The molecule has 0 saturated heterocycles. The van der Waals surface area contributed by atoms with Crippen molar-refractivity contribution in [1.82, 2.24) is 0 Å². The smallest absolute Gasteiger partial charge is 0.373 e. The van der Waals surface area contributed by atoms with Crippen LogP contribution in [0.1, 0.15) is 27.2 Å². The van der Waals surface area contributed by atoms with Gasteiger partial charge in [0.2, 0.25) is 5.76 Å². The van der Waals surface area contributed by atoms with Crippen LogP contribution in [0.4, 0.5) is 0 Å². The molecule has 0 aliphatic heterocycles. The molecule has 6 heteroatoms. The summed E-state index contributed by atoms with van der Waals surface area (Å²) in [6.45, 7) is 0. The van der Waals surface area contributed by atoms with E-state index in [2.05, 4.69) is 20.7 Å². The van der Waals surface area contributed by atoms with E-state index in [9.17, 15) is 4.79 Å². The number of thiophene rings is 1. The van der Waals surface area contributed by atoms with Gasteiger partial charge in [0.25, 0.3) is 0 Å². The molecule has 90 valence electrons. The molecule has 2 N–H and O–H groups in total. The Labute approximate surface area is 111 Å². The van der Waals surface area contributed by atoms with Gasteiger partial charge in [0.1, 0.15) is 5.76 Å². The number of nitrogens with two attached hydrogens (primary N) is 1. The van der Waals surface area contributed by atoms with Crippen molar-refractivity contribution in [2.75, 3.05) is 7.11 Å². The van der Waals surface area contributed by atoms with Crippen LogP contribution in [0, 0.1) is 0 Å². The standard InChI is InChI=1S/C11H10BrNO3S/c1-15-11(14)8-3-2-7(16-8)9(13)10-6(12)4-5-17-10/h2-5,9H,13H2,1H3. The van der Waals surface area contributed by atoms with Crippen LogP contribution in [-0.2, 0) is 4.74 Å². The first-order chi connectivity index (χ1) is 8.13. The van der Waals surface area contributed by atoms with Crippen LogP contribution in [-0.4, -0.2) is 13.1 Å². The van der Waals surface area contributed by atoms with E-state index in [1.165, 1.54) is 18.4 Å². The Kier molecular flexibility index (Phi) is 3.66. The van der Waals surface area contributed by atoms with E-state index in [0.29, 0.717) is 5.76 Å². The molecule has 17 heavy (non-hydrogen) atoms. The highest BCUT2D eigenvalue weighted by atomic mass is 79.9. The van der Waals surface area contributed by atoms with Gasteiger partial charge in [0, 0.05) is 9.35 Å². The summed E-state index contributed by atoms with van der Waals surface area (Å²) in [6, 6.07) is 4.78. The first-order valence-corrected chi connectivity index (χ1v) is 6.47. The molecule has 0 aromatic carbocycles. The number of carbonyl (C=O) groups excluding carboxylic acids is 1. The topological polar surface area (TPSA) is 65.5 Å². The third kappa shape index (κ3) is 2.43. The summed E-state index contributed by atoms with van der Waals surface area (Å²) in [5.74, 6) is 0.188. The summed E-state index contributed by atoms with van der Waals surface area (Å²) in [5.41, 5.74) is 6.05. The predicted molar refractivity (Wildman–Crippen MR) is 68.1 cm³/mol. The molecule has 2 rings (SSSR count). The van der Waals surface area contributed by atoms with Crippen LogP contribution in [0.25, 0.3) is 0 Å². The lowest BCUT2D eigenvalue weighted by atomic mass is 10.2. The van der Waals surface area contributed by atoms with E-state index < -0.39 is 5.97 Å². The van der Waals surface area contributed by atoms with Crippen molar-refractivity contribution in [3.05, 3.63) is 44.4 Å². The van der Waals surface area contributed by atoms with E-state index in [4.69, 9.17) is 10.2 Å². The molecule has 1 unspecified atom stereocenters. The summed E-state index contributed by atoms with van der Waals surface area (Å²) < 4.78 is 10.9. The predicted octanol–water partition coefficient (Wildman–Crippen LogP) is 2.94. The summed E-state index contributed by atoms with van der Waals surface area (Å²) in [5, 5.41) is 1.93. The molecule has 0 saturated carbocycles. The van der Waals surface area contributed by atoms with Gasteiger partial charge in [-0.1, -0.05) is 0 Å². The number of ether oxygens (including phenoxy) is 1. The van der Waals surface area contributed by atoms with Gasteiger partial charge < -0.3 is 14.9 Å². The zero-order valence-corrected chi connectivity index (χ0v) is 11.4. The normalized spacial score (nSPS) is 12.4. The Morgan fingerprint density at radius 2 is 2.29 bits per heavy atom. The van der Waals surface area contributed by atoms with Crippen molar-refractivity contribution in [1.29, 1.82) is 0 Å². The van der Waals surface area contributed by atoms with Crippen molar-refractivity contribution >= 4 is 33.2 Å². The minimum absolute atomic E-state index is 0.158. The number of hydrogen-bond donors (Lipinski definition) is 1. The second kappa shape index (κ2) is 5.03. The summed E-state index contributed by atoms with van der Waals surface area (Å²) in [6.07, 6.45) is 0. The number of carbonyl (C=O) groups is 1. The van der Waals surface area contributed by atoms with Crippen molar-refractivity contribution in [2.45, 2.75) is 6.04 Å². The van der Waals surface area contributed by atoms with Gasteiger partial charge in [0.15, 0.2) is 0 Å². The van der Waals surface area contributed by atoms with E-state index in [0.717, 1.165) is 9.35 Å². The highest BCUT2D eigenvalue weighted by molar-refractivity contribution is 9.10. The molecule has 2 aromatic rings. The maximum absolute atomic E-state index is 11.2. The Hall–Kier alpha value is -1.11. The van der Waals surface area contributed by atoms with Gasteiger partial charge in [-0.05, 0) is 39.5 Å². The number of methoxy groups -OCH3 is 1. The van der Waals surface area contributed by atoms with E-state index in [1.54, 1.807) is 12.1 Å². The highest BCUT2D eigenvalue weighted by Crippen LogP contribution is 2.32. The summed E-state index contributed by atoms with van der Waals surface area (Å²) in [7, 11) is 1.31. The quantitative estimate of drug-likeness (QED) is 0.884. The third-order valence-corrected chi connectivity index (χ3v) is 4.20.